The Morgan fingerprint density at radius 3 is 3.00 bits per heavy atom. The summed E-state index contributed by atoms with van der Waals surface area (Å²) in [6.45, 7) is 3.68. The molecule has 7 nitrogen and oxygen atoms in total. The fraction of sp³-hybridized carbons (Fsp3) is 0.381. The lowest BCUT2D eigenvalue weighted by Gasteiger charge is -2.52. The summed E-state index contributed by atoms with van der Waals surface area (Å²) in [5.74, 6) is 0.561. The van der Waals surface area contributed by atoms with Crippen LogP contribution in [0.1, 0.15) is 29.0 Å². The number of rotatable bonds is 3. The molecule has 1 amide bonds. The molecule has 7 heteroatoms. The van der Waals surface area contributed by atoms with Gasteiger partial charge in [-0.05, 0) is 19.1 Å². The molecule has 3 aromatic rings. The lowest BCUT2D eigenvalue weighted by atomic mass is 9.84. The van der Waals surface area contributed by atoms with Crippen molar-refractivity contribution >= 4 is 16.8 Å². The maximum absolute atomic E-state index is 12.8. The van der Waals surface area contributed by atoms with Gasteiger partial charge in [-0.2, -0.15) is 0 Å². The van der Waals surface area contributed by atoms with Crippen LogP contribution >= 0.6 is 0 Å². The minimum absolute atomic E-state index is 0.0121. The van der Waals surface area contributed by atoms with Gasteiger partial charge >= 0.3 is 0 Å². The molecule has 2 aliphatic rings. The molecule has 1 spiro atoms. The maximum Gasteiger partial charge on any atom is 0.270 e. The van der Waals surface area contributed by atoms with Gasteiger partial charge in [0.15, 0.2) is 0 Å². The predicted octanol–water partition coefficient (Wildman–Crippen LogP) is 2.72. The number of aromatic amines is 1. The van der Waals surface area contributed by atoms with Crippen molar-refractivity contribution in [1.82, 2.24) is 19.9 Å². The van der Waals surface area contributed by atoms with E-state index in [1.54, 1.807) is 12.4 Å². The van der Waals surface area contributed by atoms with Crippen molar-refractivity contribution in [3.8, 4) is 5.88 Å². The van der Waals surface area contributed by atoms with E-state index in [2.05, 4.69) is 15.0 Å². The first kappa shape index (κ1) is 17.2. The van der Waals surface area contributed by atoms with Crippen molar-refractivity contribution in [2.24, 2.45) is 0 Å². The summed E-state index contributed by atoms with van der Waals surface area (Å²) in [4.78, 5) is 26.4. The second-order valence-corrected chi connectivity index (χ2v) is 7.69. The van der Waals surface area contributed by atoms with Gasteiger partial charge in [-0.1, -0.05) is 18.2 Å². The fourth-order valence-corrected chi connectivity index (χ4v) is 4.12. The number of nitrogens with zero attached hydrogens (tertiary/aromatic N) is 3. The van der Waals surface area contributed by atoms with Gasteiger partial charge in [0.25, 0.3) is 5.91 Å². The molecular formula is C21H22N4O3. The van der Waals surface area contributed by atoms with E-state index in [0.717, 1.165) is 29.4 Å². The molecule has 1 aromatic carbocycles. The largest absolute Gasteiger partial charge is 0.473 e. The number of carbonyl (C=O) groups excluding carboxylic acids is 1. The Kier molecular flexibility index (Phi) is 4.05. The number of H-pyrrole nitrogens is 1. The number of aromatic nitrogens is 3. The second-order valence-electron chi connectivity index (χ2n) is 7.69. The number of ether oxygens (including phenoxy) is 2. The van der Waals surface area contributed by atoms with E-state index in [0.29, 0.717) is 31.3 Å². The van der Waals surface area contributed by atoms with E-state index in [4.69, 9.17) is 9.47 Å². The fourth-order valence-electron chi connectivity index (χ4n) is 4.12. The van der Waals surface area contributed by atoms with E-state index < -0.39 is 0 Å². The molecule has 1 atom stereocenters. The van der Waals surface area contributed by atoms with Crippen LogP contribution < -0.4 is 4.74 Å². The number of hydrogen-bond donors (Lipinski definition) is 1. The summed E-state index contributed by atoms with van der Waals surface area (Å²) in [7, 11) is 0. The SMILES string of the molecule is Cc1cncc(O[C@@H]2CCOC3(C2)CN(C(=O)c2cc4ccccc4[nH]2)C3)n1. The number of aryl methyl sites for hydroxylation is 1. The Morgan fingerprint density at radius 1 is 1.32 bits per heavy atom. The minimum Gasteiger partial charge on any atom is -0.473 e. The van der Waals surface area contributed by atoms with Crippen molar-refractivity contribution in [3.63, 3.8) is 0 Å². The van der Waals surface area contributed by atoms with Crippen LogP contribution in [0.15, 0.2) is 42.7 Å². The lowest BCUT2D eigenvalue weighted by molar-refractivity contribution is -0.174. The van der Waals surface area contributed by atoms with Crippen molar-refractivity contribution < 1.29 is 14.3 Å². The van der Waals surface area contributed by atoms with Crippen LogP contribution in [-0.2, 0) is 4.74 Å². The maximum atomic E-state index is 12.8. The number of fused-ring (bicyclic) bond motifs is 1. The number of amides is 1. The van der Waals surface area contributed by atoms with Gasteiger partial charge in [0.05, 0.1) is 31.6 Å². The second kappa shape index (κ2) is 6.60. The molecule has 0 bridgehead atoms. The number of hydrogen-bond acceptors (Lipinski definition) is 5. The van der Waals surface area contributed by atoms with Crippen LogP contribution in [0.25, 0.3) is 10.9 Å². The minimum atomic E-state index is -0.318. The highest BCUT2D eigenvalue weighted by molar-refractivity contribution is 5.98. The Morgan fingerprint density at radius 2 is 2.18 bits per heavy atom. The summed E-state index contributed by atoms with van der Waals surface area (Å²) in [6.07, 6.45) is 4.93. The molecule has 2 aliphatic heterocycles. The molecule has 0 unspecified atom stereocenters. The third-order valence-electron chi connectivity index (χ3n) is 5.47. The van der Waals surface area contributed by atoms with Gasteiger partial charge in [-0.15, -0.1) is 0 Å². The van der Waals surface area contributed by atoms with Crippen molar-refractivity contribution in [1.29, 1.82) is 0 Å². The Hall–Kier alpha value is -2.93. The molecular weight excluding hydrogens is 356 g/mol. The van der Waals surface area contributed by atoms with Crippen LogP contribution in [0.5, 0.6) is 5.88 Å². The zero-order valence-electron chi connectivity index (χ0n) is 15.7. The standard InChI is InChI=1S/C21H22N4O3/c1-14-10-22-11-19(23-14)28-16-6-7-27-21(9-16)12-25(13-21)20(26)18-8-15-4-2-3-5-17(15)24-18/h2-5,8,10-11,16,24H,6-7,9,12-13H2,1H3/t16-/m1/s1. The van der Waals surface area contributed by atoms with Gasteiger partial charge in [0.2, 0.25) is 5.88 Å². The third kappa shape index (κ3) is 3.11. The number of benzene rings is 1. The third-order valence-corrected chi connectivity index (χ3v) is 5.47. The van der Waals surface area contributed by atoms with Gasteiger partial charge in [-0.25, -0.2) is 4.98 Å². The van der Waals surface area contributed by atoms with E-state index in [1.807, 2.05) is 42.2 Å². The van der Waals surface area contributed by atoms with Crippen LogP contribution in [0, 0.1) is 6.92 Å². The summed E-state index contributed by atoms with van der Waals surface area (Å²) in [5.41, 5.74) is 2.11. The van der Waals surface area contributed by atoms with E-state index >= 15 is 0 Å². The Balaban J connectivity index is 1.24. The average Bonchev–Trinajstić information content (AvgIpc) is 3.10. The molecule has 1 N–H and O–H groups in total. The molecule has 2 saturated heterocycles. The van der Waals surface area contributed by atoms with Gasteiger partial charge in [0, 0.05) is 29.9 Å². The Labute approximate surface area is 162 Å². The normalized spacial score (nSPS) is 20.9. The molecule has 5 rings (SSSR count). The quantitative estimate of drug-likeness (QED) is 0.758. The smallest absolute Gasteiger partial charge is 0.270 e. The molecule has 0 radical (unpaired) electrons. The molecule has 28 heavy (non-hydrogen) atoms. The number of para-hydroxylation sites is 1. The molecule has 2 aromatic heterocycles. The summed E-state index contributed by atoms with van der Waals surface area (Å²) >= 11 is 0. The van der Waals surface area contributed by atoms with Crippen molar-refractivity contribution in [2.75, 3.05) is 19.7 Å². The average molecular weight is 378 g/mol. The van der Waals surface area contributed by atoms with Gasteiger partial charge < -0.3 is 19.4 Å². The molecule has 2 fully saturated rings. The highest BCUT2D eigenvalue weighted by atomic mass is 16.5. The van der Waals surface area contributed by atoms with Crippen molar-refractivity contribution in [3.05, 3.63) is 54.1 Å². The zero-order valence-corrected chi connectivity index (χ0v) is 15.7. The summed E-state index contributed by atoms with van der Waals surface area (Å²) in [5, 5.41) is 1.04. The first-order valence-electron chi connectivity index (χ1n) is 9.57. The first-order chi connectivity index (χ1) is 13.6. The lowest BCUT2D eigenvalue weighted by Crippen LogP contribution is -2.67. The predicted molar refractivity (Wildman–Crippen MR) is 103 cm³/mol. The molecule has 0 aliphatic carbocycles. The monoisotopic (exact) mass is 378 g/mol. The number of carbonyl (C=O) groups is 1. The zero-order chi connectivity index (χ0) is 19.1. The van der Waals surface area contributed by atoms with E-state index in [1.165, 1.54) is 0 Å². The first-order valence-corrected chi connectivity index (χ1v) is 9.57. The van der Waals surface area contributed by atoms with Crippen LogP contribution in [0.3, 0.4) is 0 Å². The summed E-state index contributed by atoms with van der Waals surface area (Å²) < 4.78 is 12.1. The molecule has 0 saturated carbocycles. The van der Waals surface area contributed by atoms with Crippen LogP contribution in [0.2, 0.25) is 0 Å². The topological polar surface area (TPSA) is 80.3 Å². The number of likely N-dealkylation sites (tertiary alicyclic amines) is 1. The van der Waals surface area contributed by atoms with Gasteiger partial charge in [-0.3, -0.25) is 9.78 Å². The highest BCUT2D eigenvalue weighted by Gasteiger charge is 2.50. The van der Waals surface area contributed by atoms with Crippen molar-refractivity contribution in [2.45, 2.75) is 31.5 Å². The molecule has 4 heterocycles. The van der Waals surface area contributed by atoms with Gasteiger partial charge in [0.1, 0.15) is 17.4 Å². The van der Waals surface area contributed by atoms with Crippen LogP contribution in [0.4, 0.5) is 0 Å². The van der Waals surface area contributed by atoms with E-state index in [-0.39, 0.29) is 17.6 Å². The highest BCUT2D eigenvalue weighted by Crippen LogP contribution is 2.36. The summed E-state index contributed by atoms with van der Waals surface area (Å²) in [6, 6.07) is 9.81. The number of nitrogens with one attached hydrogen (secondary N) is 1. The van der Waals surface area contributed by atoms with E-state index in [9.17, 15) is 4.79 Å². The Bertz CT molecular complexity index is 992. The molecule has 144 valence electrons. The van der Waals surface area contributed by atoms with Crippen LogP contribution in [-0.4, -0.2) is 57.2 Å².